The zero-order chi connectivity index (χ0) is 35.8. The minimum absolute atomic E-state index is 0.867. The fraction of sp³-hybridized carbons (Fsp3) is 0. The number of furan rings is 1. The van der Waals surface area contributed by atoms with Gasteiger partial charge in [-0.15, -0.1) is 0 Å². The van der Waals surface area contributed by atoms with Crippen molar-refractivity contribution in [2.75, 3.05) is 4.90 Å². The number of hydrogen-bond donors (Lipinski definition) is 0. The van der Waals surface area contributed by atoms with Gasteiger partial charge in [-0.3, -0.25) is 0 Å². The van der Waals surface area contributed by atoms with E-state index in [0.29, 0.717) is 0 Å². The van der Waals surface area contributed by atoms with Gasteiger partial charge in [0.15, 0.2) is 0 Å². The van der Waals surface area contributed by atoms with Gasteiger partial charge in [0.25, 0.3) is 0 Å². The molecule has 2 nitrogen and oxygen atoms in total. The molecule has 0 aliphatic rings. The Bertz CT molecular complexity index is 2940. The van der Waals surface area contributed by atoms with Crippen LogP contribution in [0.5, 0.6) is 0 Å². The minimum Gasteiger partial charge on any atom is -0.456 e. The summed E-state index contributed by atoms with van der Waals surface area (Å²) in [4.78, 5) is 2.35. The van der Waals surface area contributed by atoms with Crippen LogP contribution < -0.4 is 4.90 Å². The van der Waals surface area contributed by atoms with Crippen molar-refractivity contribution < 1.29 is 4.42 Å². The zero-order valence-electron chi connectivity index (χ0n) is 29.6. The lowest BCUT2D eigenvalue weighted by molar-refractivity contribution is 0.669. The molecule has 0 unspecified atom stereocenters. The van der Waals surface area contributed by atoms with Crippen LogP contribution in [-0.2, 0) is 0 Å². The van der Waals surface area contributed by atoms with E-state index in [1.807, 2.05) is 12.1 Å². The fourth-order valence-corrected chi connectivity index (χ4v) is 7.94. The molecule has 0 saturated heterocycles. The molecule has 0 aliphatic heterocycles. The molecule has 9 aromatic carbocycles. The molecule has 0 atom stereocenters. The van der Waals surface area contributed by atoms with Crippen LogP contribution in [-0.4, -0.2) is 0 Å². The molecular weight excluding hydrogens is 655 g/mol. The molecule has 254 valence electrons. The van der Waals surface area contributed by atoms with Crippen molar-refractivity contribution in [1.29, 1.82) is 0 Å². The maximum absolute atomic E-state index is 6.42. The van der Waals surface area contributed by atoms with Crippen LogP contribution in [0.2, 0.25) is 0 Å². The van der Waals surface area contributed by atoms with Gasteiger partial charge >= 0.3 is 0 Å². The van der Waals surface area contributed by atoms with E-state index in [4.69, 9.17) is 4.42 Å². The van der Waals surface area contributed by atoms with Crippen LogP contribution >= 0.6 is 0 Å². The van der Waals surface area contributed by atoms with E-state index in [9.17, 15) is 0 Å². The molecule has 0 saturated carbocycles. The van der Waals surface area contributed by atoms with Gasteiger partial charge in [-0.2, -0.15) is 0 Å². The maximum Gasteiger partial charge on any atom is 0.137 e. The van der Waals surface area contributed by atoms with Gasteiger partial charge in [0.05, 0.1) is 0 Å². The Morgan fingerprint density at radius 2 is 0.833 bits per heavy atom. The number of rotatable bonds is 7. The van der Waals surface area contributed by atoms with E-state index in [1.165, 1.54) is 49.7 Å². The first kappa shape index (κ1) is 31.6. The molecule has 10 aromatic rings. The molecule has 0 amide bonds. The molecule has 0 N–H and O–H groups in total. The second-order valence-electron chi connectivity index (χ2n) is 13.7. The average Bonchev–Trinajstić information content (AvgIpc) is 3.62. The molecule has 1 heterocycles. The van der Waals surface area contributed by atoms with Gasteiger partial charge in [0, 0.05) is 33.9 Å². The van der Waals surface area contributed by atoms with Gasteiger partial charge in [-0.25, -0.2) is 0 Å². The predicted molar refractivity (Wildman–Crippen MR) is 228 cm³/mol. The first-order chi connectivity index (χ1) is 26.8. The highest BCUT2D eigenvalue weighted by Crippen LogP contribution is 2.46. The van der Waals surface area contributed by atoms with Gasteiger partial charge in [-0.05, 0) is 97.7 Å². The highest BCUT2D eigenvalue weighted by molar-refractivity contribution is 6.06. The van der Waals surface area contributed by atoms with Crippen molar-refractivity contribution in [2.24, 2.45) is 0 Å². The second kappa shape index (κ2) is 13.4. The molecule has 0 spiro atoms. The largest absolute Gasteiger partial charge is 0.456 e. The number of para-hydroxylation sites is 1. The summed E-state index contributed by atoms with van der Waals surface area (Å²) in [7, 11) is 0. The number of hydrogen-bond acceptors (Lipinski definition) is 2. The van der Waals surface area contributed by atoms with E-state index >= 15 is 0 Å². The summed E-state index contributed by atoms with van der Waals surface area (Å²) in [5.74, 6) is 0. The van der Waals surface area contributed by atoms with Crippen LogP contribution in [0.15, 0.2) is 217 Å². The molecule has 0 aliphatic carbocycles. The predicted octanol–water partition coefficient (Wildman–Crippen LogP) is 14.9. The Hall–Kier alpha value is -7.16. The first-order valence-electron chi connectivity index (χ1n) is 18.4. The first-order valence-corrected chi connectivity index (χ1v) is 18.4. The summed E-state index contributed by atoms with van der Waals surface area (Å²) in [6.07, 6.45) is 0. The standard InChI is InChI=1S/C52H35NO/c1-3-16-37(17-4-1)44-23-9-10-25-49(44)52-45(38-18-5-2-6-19-38)26-14-27-46(52)40-21-13-22-41(34-40)53(42-30-29-36-15-7-8-20-39(36)33-42)43-31-32-48-47-24-11-12-28-50(47)54-51(48)35-43/h1-35H. The maximum atomic E-state index is 6.42. The summed E-state index contributed by atoms with van der Waals surface area (Å²) >= 11 is 0. The number of fused-ring (bicyclic) bond motifs is 4. The number of anilines is 3. The Morgan fingerprint density at radius 1 is 0.296 bits per heavy atom. The average molecular weight is 690 g/mol. The molecule has 0 bridgehead atoms. The van der Waals surface area contributed by atoms with Crippen molar-refractivity contribution >= 4 is 49.8 Å². The van der Waals surface area contributed by atoms with Gasteiger partial charge in [0.1, 0.15) is 11.2 Å². The summed E-state index contributed by atoms with van der Waals surface area (Å²) in [6.45, 7) is 0. The molecular formula is C52H35NO. The van der Waals surface area contributed by atoms with Crippen LogP contribution in [0.1, 0.15) is 0 Å². The Labute approximate surface area is 314 Å². The van der Waals surface area contributed by atoms with Gasteiger partial charge in [0.2, 0.25) is 0 Å². The van der Waals surface area contributed by atoms with E-state index in [0.717, 1.165) is 44.6 Å². The van der Waals surface area contributed by atoms with Gasteiger partial charge in [-0.1, -0.05) is 164 Å². The summed E-state index contributed by atoms with van der Waals surface area (Å²) < 4.78 is 6.42. The summed E-state index contributed by atoms with van der Waals surface area (Å²) in [5, 5.41) is 4.64. The normalized spacial score (nSPS) is 11.3. The lowest BCUT2D eigenvalue weighted by Gasteiger charge is -2.27. The molecule has 0 fully saturated rings. The van der Waals surface area contributed by atoms with Crippen LogP contribution in [0.3, 0.4) is 0 Å². The van der Waals surface area contributed by atoms with E-state index in [2.05, 4.69) is 205 Å². The Kier molecular flexibility index (Phi) is 7.85. The van der Waals surface area contributed by atoms with Gasteiger partial charge < -0.3 is 9.32 Å². The molecule has 0 radical (unpaired) electrons. The van der Waals surface area contributed by atoms with Crippen molar-refractivity contribution in [2.45, 2.75) is 0 Å². The van der Waals surface area contributed by atoms with E-state index in [-0.39, 0.29) is 0 Å². The highest BCUT2D eigenvalue weighted by Gasteiger charge is 2.20. The van der Waals surface area contributed by atoms with Crippen molar-refractivity contribution in [3.8, 4) is 44.5 Å². The molecule has 10 rings (SSSR count). The zero-order valence-corrected chi connectivity index (χ0v) is 29.6. The topological polar surface area (TPSA) is 16.4 Å². The third-order valence-electron chi connectivity index (χ3n) is 10.5. The third kappa shape index (κ3) is 5.62. The summed E-state index contributed by atoms with van der Waals surface area (Å²) in [6, 6.07) is 76.0. The van der Waals surface area contributed by atoms with E-state index in [1.54, 1.807) is 0 Å². The number of nitrogens with zero attached hydrogens (tertiary/aromatic N) is 1. The van der Waals surface area contributed by atoms with Crippen LogP contribution in [0.25, 0.3) is 77.2 Å². The monoisotopic (exact) mass is 689 g/mol. The third-order valence-corrected chi connectivity index (χ3v) is 10.5. The number of benzene rings is 9. The smallest absolute Gasteiger partial charge is 0.137 e. The molecule has 1 aromatic heterocycles. The molecule has 2 heteroatoms. The highest BCUT2D eigenvalue weighted by atomic mass is 16.3. The SMILES string of the molecule is c1ccc(-c2ccccc2-c2c(-c3ccccc3)cccc2-c2cccc(N(c3ccc4ccccc4c3)c3ccc4c(c3)oc3ccccc34)c2)cc1. The van der Waals surface area contributed by atoms with Crippen molar-refractivity contribution in [1.82, 2.24) is 0 Å². The quantitative estimate of drug-likeness (QED) is 0.166. The van der Waals surface area contributed by atoms with Crippen molar-refractivity contribution in [3.05, 3.63) is 212 Å². The fourth-order valence-electron chi connectivity index (χ4n) is 7.94. The van der Waals surface area contributed by atoms with Crippen molar-refractivity contribution in [3.63, 3.8) is 0 Å². The minimum atomic E-state index is 0.867. The Balaban J connectivity index is 1.19. The lowest BCUT2D eigenvalue weighted by Crippen LogP contribution is -2.10. The Morgan fingerprint density at radius 3 is 1.65 bits per heavy atom. The van der Waals surface area contributed by atoms with Crippen LogP contribution in [0.4, 0.5) is 17.1 Å². The second-order valence-corrected chi connectivity index (χ2v) is 13.7. The molecule has 54 heavy (non-hydrogen) atoms. The van der Waals surface area contributed by atoms with Crippen LogP contribution in [0, 0.1) is 0 Å². The summed E-state index contributed by atoms with van der Waals surface area (Å²) in [5.41, 5.74) is 14.4. The lowest BCUT2D eigenvalue weighted by atomic mass is 9.84. The van der Waals surface area contributed by atoms with E-state index < -0.39 is 0 Å².